The molecule has 0 spiro atoms. The summed E-state index contributed by atoms with van der Waals surface area (Å²) >= 11 is 0. The van der Waals surface area contributed by atoms with Crippen molar-refractivity contribution in [2.75, 3.05) is 19.8 Å². The fourth-order valence-electron chi connectivity index (χ4n) is 5.81. The largest absolute Gasteiger partial charge is 0.469 e. The molecule has 0 heterocycles. The summed E-state index contributed by atoms with van der Waals surface area (Å²) in [6.45, 7) is 1.65. The summed E-state index contributed by atoms with van der Waals surface area (Å²) in [7, 11) is -4.78. The zero-order valence-corrected chi connectivity index (χ0v) is 35.4. The van der Waals surface area contributed by atoms with Crippen LogP contribution in [0.3, 0.4) is 0 Å². The second-order valence-electron chi connectivity index (χ2n) is 14.4. The second-order valence-corrected chi connectivity index (χ2v) is 15.6. The first-order valence-corrected chi connectivity index (χ1v) is 23.2. The zero-order valence-electron chi connectivity index (χ0n) is 34.5. The summed E-state index contributed by atoms with van der Waals surface area (Å²) in [6.07, 6.45) is 49.6. The van der Waals surface area contributed by atoms with E-state index in [0.717, 1.165) is 64.2 Å². The van der Waals surface area contributed by atoms with Crippen LogP contribution in [-0.4, -0.2) is 52.8 Å². The molecule has 0 fully saturated rings. The predicted octanol–water partition coefficient (Wildman–Crippen LogP) is 12.3. The van der Waals surface area contributed by atoms with Crippen LogP contribution in [0.5, 0.6) is 0 Å². The van der Waals surface area contributed by atoms with Crippen LogP contribution in [0.25, 0.3) is 0 Å². The molecule has 0 amide bonds. The molecule has 0 aliphatic rings. The van der Waals surface area contributed by atoms with E-state index in [1.54, 1.807) is 0 Å². The summed E-state index contributed by atoms with van der Waals surface area (Å²) in [5.41, 5.74) is 0. The number of phosphoric acid groups is 1. The van der Waals surface area contributed by atoms with Gasteiger partial charge in [-0.25, -0.2) is 4.57 Å². The number of unbranched alkanes of at least 4 members (excludes halogenated alkanes) is 19. The number of allylic oxidation sites excluding steroid dienone is 10. The minimum atomic E-state index is -4.78. The van der Waals surface area contributed by atoms with Gasteiger partial charge in [-0.15, -0.1) is 0 Å². The maximum absolute atomic E-state index is 12.4. The van der Waals surface area contributed by atoms with E-state index >= 15 is 0 Å². The summed E-state index contributed by atoms with van der Waals surface area (Å²) in [4.78, 5) is 42.9. The van der Waals surface area contributed by atoms with Gasteiger partial charge >= 0.3 is 19.8 Å². The van der Waals surface area contributed by atoms with Gasteiger partial charge in [-0.3, -0.25) is 14.1 Å². The molecule has 10 heteroatoms. The van der Waals surface area contributed by atoms with Gasteiger partial charge in [0, 0.05) is 19.4 Å². The Labute approximate surface area is 335 Å². The lowest BCUT2D eigenvalue weighted by Gasteiger charge is -2.18. The maximum Gasteiger partial charge on any atom is 0.469 e. The fourth-order valence-corrected chi connectivity index (χ4v) is 6.17. The Kier molecular flexibility index (Phi) is 39.6. The van der Waals surface area contributed by atoms with Gasteiger partial charge in [0.15, 0.2) is 6.10 Å². The second kappa shape index (κ2) is 41.3. The molecule has 0 bridgehead atoms. The first-order valence-electron chi connectivity index (χ1n) is 21.7. The monoisotopic (exact) mass is 795 g/mol. The Morgan fingerprint density at radius 2 is 0.909 bits per heavy atom. The molecule has 0 aromatic heterocycles. The topological polar surface area (TPSA) is 140 Å². The van der Waals surface area contributed by atoms with Crippen LogP contribution >= 0.6 is 7.82 Å². The van der Waals surface area contributed by atoms with Gasteiger partial charge in [0.25, 0.3) is 0 Å². The van der Waals surface area contributed by atoms with Gasteiger partial charge in [0.2, 0.25) is 0 Å². The van der Waals surface area contributed by atoms with E-state index < -0.39 is 32.5 Å². The number of ether oxygens (including phenoxy) is 2. The zero-order chi connectivity index (χ0) is 40.3. The van der Waals surface area contributed by atoms with Crippen molar-refractivity contribution in [2.24, 2.45) is 0 Å². The average Bonchev–Trinajstić information content (AvgIpc) is 3.16. The minimum absolute atomic E-state index is 0.179. The number of hydrogen-bond acceptors (Lipinski definition) is 7. The Morgan fingerprint density at radius 3 is 1.40 bits per heavy atom. The number of phosphoric ester groups is 1. The fraction of sp³-hybridized carbons (Fsp3) is 0.733. The molecule has 0 radical (unpaired) electrons. The number of carbonyl (C=O) groups is 2. The quantitative estimate of drug-likeness (QED) is 0.0239. The summed E-state index contributed by atoms with van der Waals surface area (Å²) in [5.74, 6) is -0.967. The van der Waals surface area contributed by atoms with Crippen LogP contribution in [0.2, 0.25) is 0 Å². The lowest BCUT2D eigenvalue weighted by Crippen LogP contribution is -2.29. The van der Waals surface area contributed by atoms with Crippen LogP contribution in [0, 0.1) is 0 Å². The molecule has 318 valence electrons. The maximum atomic E-state index is 12.4. The van der Waals surface area contributed by atoms with Crippen molar-refractivity contribution in [1.82, 2.24) is 0 Å². The van der Waals surface area contributed by atoms with Crippen LogP contribution < -0.4 is 0 Å². The van der Waals surface area contributed by atoms with E-state index in [4.69, 9.17) is 24.4 Å². The lowest BCUT2D eigenvalue weighted by atomic mass is 10.1. The van der Waals surface area contributed by atoms with Crippen molar-refractivity contribution in [3.63, 3.8) is 0 Å². The lowest BCUT2D eigenvalue weighted by molar-refractivity contribution is -0.161. The Bertz CT molecular complexity index is 1080. The van der Waals surface area contributed by atoms with E-state index in [-0.39, 0.29) is 26.1 Å². The molecular formula is C45H79O9P. The first-order chi connectivity index (χ1) is 26.8. The van der Waals surface area contributed by atoms with E-state index in [9.17, 15) is 14.2 Å². The van der Waals surface area contributed by atoms with Crippen molar-refractivity contribution in [2.45, 2.75) is 193 Å². The number of rotatable bonds is 40. The molecule has 0 rings (SSSR count). The molecule has 55 heavy (non-hydrogen) atoms. The minimum Gasteiger partial charge on any atom is -0.462 e. The third-order valence-electron chi connectivity index (χ3n) is 9.06. The summed E-state index contributed by atoms with van der Waals surface area (Å²) < 4.78 is 26.3. The highest BCUT2D eigenvalue weighted by atomic mass is 31.2. The van der Waals surface area contributed by atoms with Crippen molar-refractivity contribution < 1.29 is 43.0 Å². The van der Waals surface area contributed by atoms with Gasteiger partial charge in [0.1, 0.15) is 6.61 Å². The molecule has 0 saturated carbocycles. The molecule has 9 nitrogen and oxygen atoms in total. The average molecular weight is 795 g/mol. The van der Waals surface area contributed by atoms with E-state index in [0.29, 0.717) is 19.3 Å². The van der Waals surface area contributed by atoms with Crippen molar-refractivity contribution in [3.05, 3.63) is 60.8 Å². The third-order valence-corrected chi connectivity index (χ3v) is 9.55. The molecule has 0 aromatic rings. The normalized spacial score (nSPS) is 13.0. The van der Waals surface area contributed by atoms with E-state index in [1.807, 2.05) is 6.08 Å². The molecule has 1 atom stereocenters. The molecule has 0 aromatic carbocycles. The van der Waals surface area contributed by atoms with Gasteiger partial charge in [-0.05, 0) is 83.5 Å². The molecule has 3 N–H and O–H groups in total. The van der Waals surface area contributed by atoms with E-state index in [1.165, 1.54) is 83.5 Å². The number of esters is 2. The van der Waals surface area contributed by atoms with Crippen molar-refractivity contribution in [1.29, 1.82) is 0 Å². The third kappa shape index (κ3) is 44.3. The van der Waals surface area contributed by atoms with Crippen LogP contribution in [0.4, 0.5) is 0 Å². The molecule has 0 aliphatic carbocycles. The predicted molar refractivity (Wildman–Crippen MR) is 227 cm³/mol. The summed E-state index contributed by atoms with van der Waals surface area (Å²) in [5, 5.41) is 8.78. The number of hydrogen-bond donors (Lipinski definition) is 3. The molecule has 0 saturated heterocycles. The Balaban J connectivity index is 3.99. The first kappa shape index (κ1) is 52.7. The molecule has 0 unspecified atom stereocenters. The van der Waals surface area contributed by atoms with Crippen LogP contribution in [0.1, 0.15) is 187 Å². The highest BCUT2D eigenvalue weighted by Crippen LogP contribution is 2.36. The van der Waals surface area contributed by atoms with E-state index in [2.05, 4.69) is 66.1 Å². The van der Waals surface area contributed by atoms with Gasteiger partial charge < -0.3 is 24.4 Å². The van der Waals surface area contributed by atoms with Gasteiger partial charge in [0.05, 0.1) is 6.61 Å². The highest BCUT2D eigenvalue weighted by Gasteiger charge is 2.22. The standard InChI is InChI=1S/C45H79O9P/c1-2-3-4-5-6-7-8-9-10-11-12-14-18-21-24-27-30-33-36-39-45(48)54-43(42-53-55(49,50)51)41-52-44(47)38-35-32-29-26-23-20-17-15-13-16-19-22-25-28-31-34-37-40-46/h9-10,13,16-17,20,22,25-26,29,43,46H,2-8,11-12,14-15,18-19,21,23-24,27-28,30-42H2,1H3,(H2,49,50,51)/b10-9-,16-13-,20-17-,25-22-,29-26-/t43-/m1/s1. The van der Waals surface area contributed by atoms with Crippen LogP contribution in [0.15, 0.2) is 60.8 Å². The van der Waals surface area contributed by atoms with Crippen LogP contribution in [-0.2, 0) is 28.2 Å². The summed E-state index contributed by atoms with van der Waals surface area (Å²) in [6, 6.07) is 0. The van der Waals surface area contributed by atoms with Gasteiger partial charge in [-0.2, -0.15) is 0 Å². The van der Waals surface area contributed by atoms with Gasteiger partial charge in [-0.1, -0.05) is 151 Å². The number of aliphatic hydroxyl groups is 1. The Morgan fingerprint density at radius 1 is 0.509 bits per heavy atom. The molecular weight excluding hydrogens is 715 g/mol. The van der Waals surface area contributed by atoms with Crippen molar-refractivity contribution in [3.8, 4) is 0 Å². The number of aliphatic hydroxyl groups excluding tert-OH is 1. The number of carbonyl (C=O) groups excluding carboxylic acids is 2. The SMILES string of the molecule is CCCCCCCC/C=C\CCCCCCCCCCCC(=O)O[C@H](COC(=O)CCC/C=C\C/C=C\C/C=C\C/C=C\CCCCCO)COP(=O)(O)O. The Hall–Kier alpha value is -2.29. The smallest absolute Gasteiger partial charge is 0.462 e. The highest BCUT2D eigenvalue weighted by molar-refractivity contribution is 7.46. The molecule has 0 aliphatic heterocycles. The van der Waals surface area contributed by atoms with Crippen molar-refractivity contribution >= 4 is 19.8 Å².